The first-order valence-electron chi connectivity index (χ1n) is 3.95. The van der Waals surface area contributed by atoms with Crippen LogP contribution >= 0.6 is 0 Å². The number of rotatable bonds is 2. The first-order valence-corrected chi connectivity index (χ1v) is 3.95. The predicted molar refractivity (Wildman–Crippen MR) is 48.3 cm³/mol. The highest BCUT2D eigenvalue weighted by Gasteiger charge is 1.94. The lowest BCUT2D eigenvalue weighted by atomic mass is 10.1. The van der Waals surface area contributed by atoms with E-state index in [4.69, 9.17) is 0 Å². The van der Waals surface area contributed by atoms with Crippen LogP contribution in [-0.4, -0.2) is 4.98 Å². The summed E-state index contributed by atoms with van der Waals surface area (Å²) in [5.41, 5.74) is 2.41. The van der Waals surface area contributed by atoms with Crippen LogP contribution in [0.5, 0.6) is 0 Å². The molecule has 0 atom stereocenters. The summed E-state index contributed by atoms with van der Waals surface area (Å²) in [5.74, 6) is 0. The van der Waals surface area contributed by atoms with E-state index in [9.17, 15) is 0 Å². The van der Waals surface area contributed by atoms with Gasteiger partial charge in [0.05, 0.1) is 0 Å². The van der Waals surface area contributed by atoms with Crippen molar-refractivity contribution in [2.24, 2.45) is 0 Å². The van der Waals surface area contributed by atoms with Crippen molar-refractivity contribution in [2.45, 2.75) is 20.3 Å². The van der Waals surface area contributed by atoms with E-state index in [2.05, 4.69) is 24.1 Å². The van der Waals surface area contributed by atoms with Crippen molar-refractivity contribution in [1.82, 2.24) is 4.98 Å². The molecule has 0 aliphatic rings. The van der Waals surface area contributed by atoms with Gasteiger partial charge >= 0.3 is 0 Å². The molecule has 0 aliphatic heterocycles. The van der Waals surface area contributed by atoms with E-state index in [1.165, 1.54) is 11.3 Å². The molecule has 1 aromatic heterocycles. The lowest BCUT2D eigenvalue weighted by Crippen LogP contribution is -1.89. The molecular formula is C10H13N. The Morgan fingerprint density at radius 3 is 3.00 bits per heavy atom. The summed E-state index contributed by atoms with van der Waals surface area (Å²) >= 11 is 0. The summed E-state index contributed by atoms with van der Waals surface area (Å²) in [6, 6.07) is 4.06. The second-order valence-electron chi connectivity index (χ2n) is 2.39. The van der Waals surface area contributed by atoms with E-state index in [0.29, 0.717) is 0 Å². The van der Waals surface area contributed by atoms with Crippen LogP contribution in [0.25, 0.3) is 6.08 Å². The van der Waals surface area contributed by atoms with Gasteiger partial charge in [0.25, 0.3) is 0 Å². The average molecular weight is 147 g/mol. The van der Waals surface area contributed by atoms with Gasteiger partial charge in [0, 0.05) is 11.9 Å². The highest BCUT2D eigenvalue weighted by molar-refractivity contribution is 5.51. The molecule has 1 rings (SSSR count). The van der Waals surface area contributed by atoms with E-state index < -0.39 is 0 Å². The van der Waals surface area contributed by atoms with Crippen LogP contribution in [0.3, 0.4) is 0 Å². The smallest absolute Gasteiger partial charge is 0.0472 e. The van der Waals surface area contributed by atoms with E-state index >= 15 is 0 Å². The van der Waals surface area contributed by atoms with Crippen LogP contribution in [0.1, 0.15) is 25.1 Å². The fourth-order valence-electron chi connectivity index (χ4n) is 1.08. The Kier molecular flexibility index (Phi) is 2.84. The van der Waals surface area contributed by atoms with Crippen molar-refractivity contribution < 1.29 is 0 Å². The molecule has 1 aromatic rings. The van der Waals surface area contributed by atoms with Crippen LogP contribution in [0.2, 0.25) is 0 Å². The van der Waals surface area contributed by atoms with Gasteiger partial charge in [-0.05, 0) is 25.0 Å². The normalized spacial score (nSPS) is 10.7. The molecule has 0 bridgehead atoms. The topological polar surface area (TPSA) is 12.9 Å². The van der Waals surface area contributed by atoms with Gasteiger partial charge < -0.3 is 0 Å². The predicted octanol–water partition coefficient (Wildman–Crippen LogP) is 2.68. The van der Waals surface area contributed by atoms with Gasteiger partial charge in [-0.1, -0.05) is 25.1 Å². The van der Waals surface area contributed by atoms with Gasteiger partial charge in [-0.15, -0.1) is 0 Å². The van der Waals surface area contributed by atoms with E-state index in [1.807, 2.05) is 25.3 Å². The number of aromatic nitrogens is 1. The molecule has 58 valence electrons. The Labute approximate surface area is 67.8 Å². The second-order valence-corrected chi connectivity index (χ2v) is 2.39. The molecule has 1 heteroatoms. The number of aryl methyl sites for hydroxylation is 1. The minimum absolute atomic E-state index is 1.00. The summed E-state index contributed by atoms with van der Waals surface area (Å²) in [6.07, 6.45) is 6.97. The lowest BCUT2D eigenvalue weighted by Gasteiger charge is -1.99. The quantitative estimate of drug-likeness (QED) is 0.626. The Balaban J connectivity index is 3.02. The molecular weight excluding hydrogens is 134 g/mol. The summed E-state index contributed by atoms with van der Waals surface area (Å²) in [4.78, 5) is 4.26. The summed E-state index contributed by atoms with van der Waals surface area (Å²) < 4.78 is 0. The van der Waals surface area contributed by atoms with Crippen molar-refractivity contribution in [1.29, 1.82) is 0 Å². The van der Waals surface area contributed by atoms with Crippen molar-refractivity contribution in [3.8, 4) is 0 Å². The lowest BCUT2D eigenvalue weighted by molar-refractivity contribution is 1.03. The highest BCUT2D eigenvalue weighted by atomic mass is 14.7. The molecule has 0 aliphatic carbocycles. The maximum absolute atomic E-state index is 4.26. The van der Waals surface area contributed by atoms with Crippen molar-refractivity contribution in [3.05, 3.63) is 35.7 Å². The fourth-order valence-corrected chi connectivity index (χ4v) is 1.08. The zero-order chi connectivity index (χ0) is 8.10. The fraction of sp³-hybridized carbons (Fsp3) is 0.300. The zero-order valence-electron chi connectivity index (χ0n) is 7.04. The number of nitrogens with zero attached hydrogens (tertiary/aromatic N) is 1. The Morgan fingerprint density at radius 2 is 2.36 bits per heavy atom. The molecule has 0 unspecified atom stereocenters. The molecule has 0 saturated carbocycles. The van der Waals surface area contributed by atoms with E-state index in [1.54, 1.807) is 0 Å². The third kappa shape index (κ3) is 1.90. The Morgan fingerprint density at radius 1 is 1.55 bits per heavy atom. The summed E-state index contributed by atoms with van der Waals surface area (Å²) in [5, 5.41) is 0. The molecule has 0 spiro atoms. The average Bonchev–Trinajstić information content (AvgIpc) is 2.06. The third-order valence-corrected chi connectivity index (χ3v) is 1.61. The number of hydrogen-bond donors (Lipinski definition) is 0. The first-order chi connectivity index (χ1) is 5.38. The third-order valence-electron chi connectivity index (χ3n) is 1.61. The van der Waals surface area contributed by atoms with Crippen molar-refractivity contribution in [2.75, 3.05) is 0 Å². The number of allylic oxidation sites excluding steroid dienone is 1. The standard InChI is InChI=1S/C10H13N/c1-3-6-9-7-5-8-11-10(9)4-2/h3,5-8H,4H2,1-2H3. The minimum Gasteiger partial charge on any atom is -0.261 e. The molecule has 0 N–H and O–H groups in total. The van der Waals surface area contributed by atoms with Gasteiger partial charge in [0.15, 0.2) is 0 Å². The maximum atomic E-state index is 4.26. The van der Waals surface area contributed by atoms with Crippen LogP contribution < -0.4 is 0 Å². The summed E-state index contributed by atoms with van der Waals surface area (Å²) in [7, 11) is 0. The van der Waals surface area contributed by atoms with Crippen molar-refractivity contribution in [3.63, 3.8) is 0 Å². The van der Waals surface area contributed by atoms with Gasteiger partial charge in [0.2, 0.25) is 0 Å². The zero-order valence-corrected chi connectivity index (χ0v) is 7.04. The van der Waals surface area contributed by atoms with E-state index in [0.717, 1.165) is 6.42 Å². The number of pyridine rings is 1. The molecule has 0 aromatic carbocycles. The van der Waals surface area contributed by atoms with Crippen LogP contribution in [0.15, 0.2) is 24.4 Å². The van der Waals surface area contributed by atoms with Gasteiger partial charge in [-0.2, -0.15) is 0 Å². The largest absolute Gasteiger partial charge is 0.261 e. The number of hydrogen-bond acceptors (Lipinski definition) is 1. The minimum atomic E-state index is 1.00. The Bertz CT molecular complexity index is 251. The van der Waals surface area contributed by atoms with Gasteiger partial charge in [-0.25, -0.2) is 0 Å². The van der Waals surface area contributed by atoms with Crippen molar-refractivity contribution >= 4 is 6.08 Å². The molecule has 11 heavy (non-hydrogen) atoms. The monoisotopic (exact) mass is 147 g/mol. The SMILES string of the molecule is CC=Cc1cccnc1CC. The molecule has 0 radical (unpaired) electrons. The summed E-state index contributed by atoms with van der Waals surface area (Å²) in [6.45, 7) is 4.14. The van der Waals surface area contributed by atoms with E-state index in [-0.39, 0.29) is 0 Å². The van der Waals surface area contributed by atoms with Crippen LogP contribution in [-0.2, 0) is 6.42 Å². The Hall–Kier alpha value is -1.11. The highest BCUT2D eigenvalue weighted by Crippen LogP contribution is 2.07. The molecule has 0 amide bonds. The first kappa shape index (κ1) is 7.99. The van der Waals surface area contributed by atoms with Crippen LogP contribution in [0.4, 0.5) is 0 Å². The molecule has 1 heterocycles. The van der Waals surface area contributed by atoms with Gasteiger partial charge in [0.1, 0.15) is 0 Å². The molecule has 0 saturated heterocycles. The van der Waals surface area contributed by atoms with Gasteiger partial charge in [-0.3, -0.25) is 4.98 Å². The maximum Gasteiger partial charge on any atom is 0.0472 e. The van der Waals surface area contributed by atoms with Crippen LogP contribution in [0, 0.1) is 0 Å². The molecule has 0 fully saturated rings. The molecule has 1 nitrogen and oxygen atoms in total. The second kappa shape index (κ2) is 3.91.